The van der Waals surface area contributed by atoms with Gasteiger partial charge in [0.25, 0.3) is 0 Å². The summed E-state index contributed by atoms with van der Waals surface area (Å²) in [5.41, 5.74) is 0.900. The first-order valence-electron chi connectivity index (χ1n) is 3.69. The van der Waals surface area contributed by atoms with Crippen molar-refractivity contribution in [2.45, 2.75) is 6.61 Å². The van der Waals surface area contributed by atoms with Gasteiger partial charge in [0.1, 0.15) is 0 Å². The van der Waals surface area contributed by atoms with E-state index < -0.39 is 0 Å². The van der Waals surface area contributed by atoms with Gasteiger partial charge in [-0.2, -0.15) is 0 Å². The van der Waals surface area contributed by atoms with E-state index in [1.807, 2.05) is 17.5 Å². The topological polar surface area (TPSA) is 20.2 Å². The summed E-state index contributed by atoms with van der Waals surface area (Å²) in [7, 11) is 0. The summed E-state index contributed by atoms with van der Waals surface area (Å²) in [6.07, 6.45) is 0. The van der Waals surface area contributed by atoms with Crippen molar-refractivity contribution in [3.63, 3.8) is 0 Å². The van der Waals surface area contributed by atoms with Crippen molar-refractivity contribution in [3.05, 3.63) is 31.7 Å². The van der Waals surface area contributed by atoms with E-state index in [1.54, 1.807) is 11.3 Å². The van der Waals surface area contributed by atoms with Gasteiger partial charge < -0.3 is 5.11 Å². The highest BCUT2D eigenvalue weighted by molar-refractivity contribution is 14.1. The van der Waals surface area contributed by atoms with Gasteiger partial charge in [-0.1, -0.05) is 11.6 Å². The third kappa shape index (κ3) is 1.58. The van der Waals surface area contributed by atoms with Crippen LogP contribution in [-0.2, 0) is 6.61 Å². The highest BCUT2D eigenvalue weighted by Crippen LogP contribution is 2.34. The van der Waals surface area contributed by atoms with Gasteiger partial charge in [0.15, 0.2) is 0 Å². The summed E-state index contributed by atoms with van der Waals surface area (Å²) in [6, 6.07) is 3.87. The van der Waals surface area contributed by atoms with E-state index in [2.05, 4.69) is 22.6 Å². The van der Waals surface area contributed by atoms with Crippen molar-refractivity contribution in [1.82, 2.24) is 0 Å². The van der Waals surface area contributed by atoms with E-state index in [-0.39, 0.29) is 6.61 Å². The zero-order valence-corrected chi connectivity index (χ0v) is 10.3. The third-order valence-corrected chi connectivity index (χ3v) is 4.50. The maximum Gasteiger partial charge on any atom is 0.0692 e. The molecule has 0 fully saturated rings. The van der Waals surface area contributed by atoms with Gasteiger partial charge in [-0.3, -0.25) is 0 Å². The molecule has 0 unspecified atom stereocenters. The zero-order valence-electron chi connectivity index (χ0n) is 6.55. The summed E-state index contributed by atoms with van der Waals surface area (Å²) in [5.74, 6) is 0. The molecular formula is C9H6ClIOS. The van der Waals surface area contributed by atoms with Crippen molar-refractivity contribution in [2.75, 3.05) is 0 Å². The standard InChI is InChI=1S/C9H6ClIOS/c10-7-3-5(4-12)8(11)6-1-2-13-9(6)7/h1-3,12H,4H2. The molecule has 2 rings (SSSR count). The molecule has 0 aliphatic heterocycles. The SMILES string of the molecule is OCc1cc(Cl)c2sccc2c1I. The van der Waals surface area contributed by atoms with Crippen LogP contribution in [0.15, 0.2) is 17.5 Å². The predicted octanol–water partition coefficient (Wildman–Crippen LogP) is 3.65. The Hall–Kier alpha value is 0.160. The quantitative estimate of drug-likeness (QED) is 0.794. The molecule has 0 atom stereocenters. The molecule has 1 heterocycles. The lowest BCUT2D eigenvalue weighted by atomic mass is 10.2. The minimum absolute atomic E-state index is 0.0454. The summed E-state index contributed by atoms with van der Waals surface area (Å²) >= 11 is 9.92. The molecule has 1 aromatic heterocycles. The van der Waals surface area contributed by atoms with Gasteiger partial charge in [0, 0.05) is 8.96 Å². The summed E-state index contributed by atoms with van der Waals surface area (Å²) in [5, 5.41) is 13.0. The number of thiophene rings is 1. The second kappa shape index (κ2) is 3.73. The number of aliphatic hydroxyl groups excluding tert-OH is 1. The van der Waals surface area contributed by atoms with Gasteiger partial charge >= 0.3 is 0 Å². The van der Waals surface area contributed by atoms with Crippen LogP contribution in [0.3, 0.4) is 0 Å². The molecule has 68 valence electrons. The van der Waals surface area contributed by atoms with Gasteiger partial charge in [-0.05, 0) is 45.7 Å². The van der Waals surface area contributed by atoms with Gasteiger partial charge in [-0.25, -0.2) is 0 Å². The molecule has 0 amide bonds. The number of hydrogen-bond acceptors (Lipinski definition) is 2. The molecule has 13 heavy (non-hydrogen) atoms. The molecule has 4 heteroatoms. The Morgan fingerprint density at radius 2 is 2.31 bits per heavy atom. The summed E-state index contributed by atoms with van der Waals surface area (Å²) in [6.45, 7) is 0.0454. The Kier molecular flexibility index (Phi) is 2.78. The summed E-state index contributed by atoms with van der Waals surface area (Å²) in [4.78, 5) is 0. The summed E-state index contributed by atoms with van der Waals surface area (Å²) < 4.78 is 2.20. The minimum atomic E-state index is 0.0454. The van der Waals surface area contributed by atoms with E-state index in [9.17, 15) is 0 Å². The van der Waals surface area contributed by atoms with E-state index in [0.29, 0.717) is 0 Å². The van der Waals surface area contributed by atoms with E-state index >= 15 is 0 Å². The fraction of sp³-hybridized carbons (Fsp3) is 0.111. The number of aliphatic hydroxyl groups is 1. The van der Waals surface area contributed by atoms with Crippen LogP contribution in [0, 0.1) is 3.57 Å². The van der Waals surface area contributed by atoms with E-state index in [4.69, 9.17) is 16.7 Å². The highest BCUT2D eigenvalue weighted by Gasteiger charge is 2.08. The number of hydrogen-bond donors (Lipinski definition) is 1. The Labute approximate surface area is 98.5 Å². The van der Waals surface area contributed by atoms with Crippen LogP contribution in [-0.4, -0.2) is 5.11 Å². The molecular weight excluding hydrogens is 319 g/mol. The normalized spacial score (nSPS) is 11.0. The van der Waals surface area contributed by atoms with Crippen molar-refractivity contribution in [2.24, 2.45) is 0 Å². The average molecular weight is 325 g/mol. The first-order chi connectivity index (χ1) is 6.24. The molecule has 1 aromatic carbocycles. The predicted molar refractivity (Wildman–Crippen MR) is 65.5 cm³/mol. The van der Waals surface area contributed by atoms with Crippen LogP contribution >= 0.6 is 45.5 Å². The van der Waals surface area contributed by atoms with Crippen LogP contribution in [0.5, 0.6) is 0 Å². The van der Waals surface area contributed by atoms with Crippen molar-refractivity contribution in [3.8, 4) is 0 Å². The Bertz CT molecular complexity index is 452. The van der Waals surface area contributed by atoms with Crippen LogP contribution < -0.4 is 0 Å². The van der Waals surface area contributed by atoms with Crippen LogP contribution in [0.25, 0.3) is 10.1 Å². The van der Waals surface area contributed by atoms with Crippen molar-refractivity contribution >= 4 is 55.6 Å². The van der Waals surface area contributed by atoms with Crippen molar-refractivity contribution < 1.29 is 5.11 Å². The average Bonchev–Trinajstić information content (AvgIpc) is 2.60. The van der Waals surface area contributed by atoms with Crippen LogP contribution in [0.1, 0.15) is 5.56 Å². The second-order valence-electron chi connectivity index (χ2n) is 2.65. The third-order valence-electron chi connectivity index (χ3n) is 1.87. The Morgan fingerprint density at radius 1 is 1.54 bits per heavy atom. The lowest BCUT2D eigenvalue weighted by Gasteiger charge is -2.03. The molecule has 0 aliphatic rings. The van der Waals surface area contributed by atoms with Crippen LogP contribution in [0.4, 0.5) is 0 Å². The molecule has 1 nitrogen and oxygen atoms in total. The molecule has 0 radical (unpaired) electrons. The second-order valence-corrected chi connectivity index (χ2v) is 5.06. The lowest BCUT2D eigenvalue weighted by Crippen LogP contribution is -1.88. The number of halogens is 2. The molecule has 0 aliphatic carbocycles. The maximum atomic E-state index is 9.08. The largest absolute Gasteiger partial charge is 0.392 e. The van der Waals surface area contributed by atoms with Gasteiger partial charge in [-0.15, -0.1) is 11.3 Å². The molecule has 0 bridgehead atoms. The zero-order chi connectivity index (χ0) is 9.42. The number of rotatable bonds is 1. The maximum absolute atomic E-state index is 9.08. The molecule has 0 saturated heterocycles. The molecule has 2 aromatic rings. The molecule has 0 saturated carbocycles. The van der Waals surface area contributed by atoms with Gasteiger partial charge in [0.2, 0.25) is 0 Å². The van der Waals surface area contributed by atoms with Gasteiger partial charge in [0.05, 0.1) is 16.3 Å². The van der Waals surface area contributed by atoms with Crippen LogP contribution in [0.2, 0.25) is 5.02 Å². The lowest BCUT2D eigenvalue weighted by molar-refractivity contribution is 0.281. The first kappa shape index (κ1) is 9.71. The van der Waals surface area contributed by atoms with E-state index in [1.165, 1.54) is 0 Å². The monoisotopic (exact) mass is 324 g/mol. The molecule has 1 N–H and O–H groups in total. The molecule has 0 spiro atoms. The first-order valence-corrected chi connectivity index (χ1v) is 6.02. The number of benzene rings is 1. The fourth-order valence-electron chi connectivity index (χ4n) is 1.24. The number of fused-ring (bicyclic) bond motifs is 1. The fourth-order valence-corrected chi connectivity index (χ4v) is 3.37. The highest BCUT2D eigenvalue weighted by atomic mass is 127. The Balaban J connectivity index is 2.85. The van der Waals surface area contributed by atoms with E-state index in [0.717, 1.165) is 24.2 Å². The smallest absolute Gasteiger partial charge is 0.0692 e. The Morgan fingerprint density at radius 3 is 3.00 bits per heavy atom. The van der Waals surface area contributed by atoms with Crippen molar-refractivity contribution in [1.29, 1.82) is 0 Å². The minimum Gasteiger partial charge on any atom is -0.392 e.